The van der Waals surface area contributed by atoms with Crippen molar-refractivity contribution in [2.45, 2.75) is 18.7 Å². The number of rotatable bonds is 7. The van der Waals surface area contributed by atoms with Crippen molar-refractivity contribution < 1.29 is 22.7 Å². The van der Waals surface area contributed by atoms with Crippen molar-refractivity contribution in [1.82, 2.24) is 14.5 Å². The Labute approximate surface area is 151 Å². The van der Waals surface area contributed by atoms with Gasteiger partial charge in [0.15, 0.2) is 6.61 Å². The maximum atomic E-state index is 11.9. The highest BCUT2D eigenvalue weighted by Gasteiger charge is 2.18. The van der Waals surface area contributed by atoms with Crippen molar-refractivity contribution in [3.8, 4) is 0 Å². The Balaban J connectivity index is 1.80. The summed E-state index contributed by atoms with van der Waals surface area (Å²) in [4.78, 5) is 23.4. The van der Waals surface area contributed by atoms with E-state index in [1.807, 2.05) is 19.9 Å². The van der Waals surface area contributed by atoms with Crippen LogP contribution in [0, 0.1) is 13.8 Å². The zero-order chi connectivity index (χ0) is 19.3. The highest BCUT2D eigenvalue weighted by molar-refractivity contribution is 7.89. The Morgan fingerprint density at radius 1 is 1.19 bits per heavy atom. The quantitative estimate of drug-likeness (QED) is 0.675. The second-order valence-corrected chi connectivity index (χ2v) is 7.53. The number of aryl methyl sites for hydroxylation is 3. The predicted octanol–water partition coefficient (Wildman–Crippen LogP) is 0.497. The molecule has 0 saturated heterocycles. The van der Waals surface area contributed by atoms with Gasteiger partial charge >= 0.3 is 5.97 Å². The first-order chi connectivity index (χ1) is 12.2. The summed E-state index contributed by atoms with van der Waals surface area (Å²) >= 11 is 0. The molecule has 0 spiro atoms. The number of amides is 1. The molecule has 0 saturated carbocycles. The molecule has 10 heteroatoms. The molecular formula is C16H20N4O5S. The molecule has 0 aliphatic rings. The molecule has 26 heavy (non-hydrogen) atoms. The summed E-state index contributed by atoms with van der Waals surface area (Å²) in [5.74, 6) is -1.38. The number of anilines is 1. The Hall–Kier alpha value is -2.72. The van der Waals surface area contributed by atoms with Crippen LogP contribution in [0.4, 0.5) is 5.69 Å². The third kappa shape index (κ3) is 5.67. The van der Waals surface area contributed by atoms with Crippen molar-refractivity contribution in [3.05, 3.63) is 41.7 Å². The minimum absolute atomic E-state index is 0.0691. The van der Waals surface area contributed by atoms with Crippen molar-refractivity contribution in [2.75, 3.05) is 18.5 Å². The summed E-state index contributed by atoms with van der Waals surface area (Å²) in [6.45, 7) is 2.70. The number of nitrogens with zero attached hydrogens (tertiary/aromatic N) is 2. The van der Waals surface area contributed by atoms with Crippen LogP contribution in [0.2, 0.25) is 0 Å². The van der Waals surface area contributed by atoms with Crippen LogP contribution in [0.1, 0.15) is 11.1 Å². The predicted molar refractivity (Wildman–Crippen MR) is 93.9 cm³/mol. The molecule has 1 aromatic carbocycles. The number of ether oxygens (including phenoxy) is 1. The van der Waals surface area contributed by atoms with Gasteiger partial charge < -0.3 is 10.1 Å². The molecule has 1 heterocycles. The van der Waals surface area contributed by atoms with E-state index < -0.39 is 35.1 Å². The SMILES string of the molecule is Cc1cc(C)cc(NC(=O)COC(=O)CNS(=O)(=O)c2cnn(C)c2)c1. The minimum Gasteiger partial charge on any atom is -0.455 e. The number of carbonyl (C=O) groups excluding carboxylic acids is 2. The van der Waals surface area contributed by atoms with E-state index in [1.54, 1.807) is 19.2 Å². The fourth-order valence-electron chi connectivity index (χ4n) is 2.22. The molecule has 2 aromatic rings. The number of nitrogens with one attached hydrogen (secondary N) is 2. The maximum Gasteiger partial charge on any atom is 0.321 e. The lowest BCUT2D eigenvalue weighted by molar-refractivity contribution is -0.146. The maximum absolute atomic E-state index is 11.9. The van der Waals surface area contributed by atoms with Gasteiger partial charge in [0.25, 0.3) is 5.91 Å². The second kappa shape index (κ2) is 8.11. The van der Waals surface area contributed by atoms with Gasteiger partial charge in [0.1, 0.15) is 11.4 Å². The number of aromatic nitrogens is 2. The zero-order valence-corrected chi connectivity index (χ0v) is 15.5. The Morgan fingerprint density at radius 3 is 2.42 bits per heavy atom. The Bertz CT molecular complexity index is 900. The van der Waals surface area contributed by atoms with Crippen molar-refractivity contribution in [1.29, 1.82) is 0 Å². The van der Waals surface area contributed by atoms with Crippen LogP contribution in [-0.4, -0.2) is 43.2 Å². The molecule has 0 fully saturated rings. The van der Waals surface area contributed by atoms with Gasteiger partial charge in [-0.25, -0.2) is 8.42 Å². The normalized spacial score (nSPS) is 11.2. The smallest absolute Gasteiger partial charge is 0.321 e. The van der Waals surface area contributed by atoms with E-state index in [2.05, 4.69) is 15.1 Å². The molecule has 2 rings (SSSR count). The topological polar surface area (TPSA) is 119 Å². The van der Waals surface area contributed by atoms with Crippen molar-refractivity contribution >= 4 is 27.6 Å². The molecule has 0 radical (unpaired) electrons. The summed E-state index contributed by atoms with van der Waals surface area (Å²) in [6.07, 6.45) is 2.45. The summed E-state index contributed by atoms with van der Waals surface area (Å²) < 4.78 is 32.1. The number of hydrogen-bond donors (Lipinski definition) is 2. The molecule has 0 bridgehead atoms. The Morgan fingerprint density at radius 2 is 1.85 bits per heavy atom. The number of benzene rings is 1. The van der Waals surface area contributed by atoms with E-state index in [9.17, 15) is 18.0 Å². The van der Waals surface area contributed by atoms with Crippen LogP contribution >= 0.6 is 0 Å². The van der Waals surface area contributed by atoms with Crippen LogP contribution in [0.5, 0.6) is 0 Å². The number of sulfonamides is 1. The minimum atomic E-state index is -3.87. The monoisotopic (exact) mass is 380 g/mol. The van der Waals surface area contributed by atoms with Crippen LogP contribution in [-0.2, 0) is 31.4 Å². The first-order valence-electron chi connectivity index (χ1n) is 7.68. The van der Waals surface area contributed by atoms with Gasteiger partial charge in [0, 0.05) is 18.9 Å². The Kier molecular flexibility index (Phi) is 6.11. The lowest BCUT2D eigenvalue weighted by Gasteiger charge is -2.09. The average Bonchev–Trinajstić information content (AvgIpc) is 2.97. The van der Waals surface area contributed by atoms with Gasteiger partial charge in [-0.05, 0) is 37.1 Å². The zero-order valence-electron chi connectivity index (χ0n) is 14.6. The van der Waals surface area contributed by atoms with Crippen LogP contribution < -0.4 is 10.0 Å². The van der Waals surface area contributed by atoms with Gasteiger partial charge in [-0.1, -0.05) is 6.07 Å². The van der Waals surface area contributed by atoms with E-state index in [-0.39, 0.29) is 4.90 Å². The first-order valence-corrected chi connectivity index (χ1v) is 9.16. The average molecular weight is 380 g/mol. The molecular weight excluding hydrogens is 360 g/mol. The van der Waals surface area contributed by atoms with Crippen LogP contribution in [0.3, 0.4) is 0 Å². The highest BCUT2D eigenvalue weighted by Crippen LogP contribution is 2.13. The highest BCUT2D eigenvalue weighted by atomic mass is 32.2. The largest absolute Gasteiger partial charge is 0.455 e. The third-order valence-corrected chi connectivity index (χ3v) is 4.62. The van der Waals surface area contributed by atoms with Gasteiger partial charge in [-0.3, -0.25) is 14.3 Å². The third-order valence-electron chi connectivity index (χ3n) is 3.27. The number of carbonyl (C=O) groups is 2. The van der Waals surface area contributed by atoms with Gasteiger partial charge in [0.2, 0.25) is 10.0 Å². The molecule has 0 aliphatic heterocycles. The van der Waals surface area contributed by atoms with Gasteiger partial charge in [-0.15, -0.1) is 0 Å². The standard InChI is InChI=1S/C16H20N4O5S/c1-11-4-12(2)6-13(5-11)19-15(21)10-25-16(22)8-18-26(23,24)14-7-17-20(3)9-14/h4-7,9,18H,8,10H2,1-3H3,(H,19,21). The second-order valence-electron chi connectivity index (χ2n) is 5.76. The van der Waals surface area contributed by atoms with E-state index in [1.165, 1.54) is 10.9 Å². The molecule has 0 atom stereocenters. The van der Waals surface area contributed by atoms with Crippen molar-refractivity contribution in [3.63, 3.8) is 0 Å². The van der Waals surface area contributed by atoms with Crippen molar-refractivity contribution in [2.24, 2.45) is 7.05 Å². The molecule has 2 N–H and O–H groups in total. The van der Waals surface area contributed by atoms with E-state index >= 15 is 0 Å². The van der Waals surface area contributed by atoms with Crippen LogP contribution in [0.15, 0.2) is 35.5 Å². The summed E-state index contributed by atoms with van der Waals surface area (Å²) in [5, 5.41) is 6.36. The fraction of sp³-hybridized carbons (Fsp3) is 0.312. The van der Waals surface area contributed by atoms with E-state index in [4.69, 9.17) is 4.74 Å². The number of esters is 1. The summed E-state index contributed by atoms with van der Waals surface area (Å²) in [6, 6.07) is 5.54. The molecule has 140 valence electrons. The van der Waals surface area contributed by atoms with Crippen LogP contribution in [0.25, 0.3) is 0 Å². The van der Waals surface area contributed by atoms with Gasteiger partial charge in [0.05, 0.1) is 6.20 Å². The van der Waals surface area contributed by atoms with Gasteiger partial charge in [-0.2, -0.15) is 9.82 Å². The molecule has 1 aromatic heterocycles. The lowest BCUT2D eigenvalue weighted by Crippen LogP contribution is -2.32. The fourth-order valence-corrected chi connectivity index (χ4v) is 3.17. The summed E-state index contributed by atoms with van der Waals surface area (Å²) in [5.41, 5.74) is 2.57. The first kappa shape index (κ1) is 19.6. The summed E-state index contributed by atoms with van der Waals surface area (Å²) in [7, 11) is -2.29. The molecule has 0 aliphatic carbocycles. The number of hydrogen-bond acceptors (Lipinski definition) is 6. The van der Waals surface area contributed by atoms with E-state index in [0.29, 0.717) is 5.69 Å². The molecule has 9 nitrogen and oxygen atoms in total. The lowest BCUT2D eigenvalue weighted by atomic mass is 10.1. The molecule has 0 unspecified atom stereocenters. The molecule has 1 amide bonds. The van der Waals surface area contributed by atoms with E-state index in [0.717, 1.165) is 17.3 Å².